The van der Waals surface area contributed by atoms with Gasteiger partial charge in [0.05, 0.1) is 5.57 Å². The van der Waals surface area contributed by atoms with Crippen LogP contribution in [0.4, 0.5) is 0 Å². The predicted molar refractivity (Wildman–Crippen MR) is 37.5 cm³/mol. The standard InChI is InChI=1S/C7H11NO2/c1-7(2)4-8-3-5(7)6(9)10/h3,8H,4H2,1-2H3,(H,9,10). The third-order valence-electron chi connectivity index (χ3n) is 1.75. The summed E-state index contributed by atoms with van der Waals surface area (Å²) >= 11 is 0. The van der Waals surface area contributed by atoms with Crippen LogP contribution in [-0.4, -0.2) is 17.6 Å². The minimum Gasteiger partial charge on any atom is -0.478 e. The molecule has 1 aliphatic rings. The number of aliphatic carboxylic acids is 1. The summed E-state index contributed by atoms with van der Waals surface area (Å²) in [5, 5.41) is 11.5. The molecule has 0 radical (unpaired) electrons. The zero-order chi connectivity index (χ0) is 7.78. The van der Waals surface area contributed by atoms with Crippen LogP contribution < -0.4 is 5.32 Å². The molecule has 0 saturated heterocycles. The van der Waals surface area contributed by atoms with Gasteiger partial charge in [0.25, 0.3) is 0 Å². The predicted octanol–water partition coefficient (Wildman–Crippen LogP) is 0.584. The van der Waals surface area contributed by atoms with Gasteiger partial charge in [-0.15, -0.1) is 0 Å². The number of carboxylic acid groups (broad SMARTS) is 1. The molecule has 2 N–H and O–H groups in total. The van der Waals surface area contributed by atoms with Gasteiger partial charge in [-0.25, -0.2) is 4.79 Å². The fourth-order valence-corrected chi connectivity index (χ4v) is 1.05. The molecule has 0 fully saturated rings. The van der Waals surface area contributed by atoms with Crippen molar-refractivity contribution < 1.29 is 9.90 Å². The van der Waals surface area contributed by atoms with E-state index >= 15 is 0 Å². The van der Waals surface area contributed by atoms with Crippen molar-refractivity contribution in [3.05, 3.63) is 11.8 Å². The van der Waals surface area contributed by atoms with Gasteiger partial charge in [-0.1, -0.05) is 13.8 Å². The summed E-state index contributed by atoms with van der Waals surface area (Å²) in [7, 11) is 0. The zero-order valence-electron chi connectivity index (χ0n) is 6.14. The zero-order valence-corrected chi connectivity index (χ0v) is 6.14. The molecule has 3 heteroatoms. The van der Waals surface area contributed by atoms with Gasteiger partial charge in [0.2, 0.25) is 0 Å². The normalized spacial score (nSPS) is 21.6. The molecule has 0 bridgehead atoms. The van der Waals surface area contributed by atoms with Crippen LogP contribution in [0, 0.1) is 5.41 Å². The molecule has 0 spiro atoms. The molecule has 0 amide bonds. The third kappa shape index (κ3) is 0.988. The summed E-state index contributed by atoms with van der Waals surface area (Å²) < 4.78 is 0. The molecule has 0 unspecified atom stereocenters. The van der Waals surface area contributed by atoms with Crippen LogP contribution in [0.15, 0.2) is 11.8 Å². The van der Waals surface area contributed by atoms with Gasteiger partial charge in [0.1, 0.15) is 0 Å². The summed E-state index contributed by atoms with van der Waals surface area (Å²) in [5.74, 6) is -0.824. The average molecular weight is 141 g/mol. The summed E-state index contributed by atoms with van der Waals surface area (Å²) in [5.41, 5.74) is 0.249. The maximum absolute atomic E-state index is 10.5. The first-order valence-electron chi connectivity index (χ1n) is 3.21. The van der Waals surface area contributed by atoms with Crippen molar-refractivity contribution in [2.45, 2.75) is 13.8 Å². The molecule has 0 saturated carbocycles. The first-order valence-corrected chi connectivity index (χ1v) is 3.21. The minimum atomic E-state index is -0.824. The fraction of sp³-hybridized carbons (Fsp3) is 0.571. The lowest BCUT2D eigenvalue weighted by Gasteiger charge is -2.17. The maximum atomic E-state index is 10.5. The number of hydrogen-bond donors (Lipinski definition) is 2. The Morgan fingerprint density at radius 2 is 2.40 bits per heavy atom. The van der Waals surface area contributed by atoms with Crippen molar-refractivity contribution in [2.24, 2.45) is 5.41 Å². The highest BCUT2D eigenvalue weighted by Crippen LogP contribution is 2.28. The summed E-state index contributed by atoms with van der Waals surface area (Å²) in [6.07, 6.45) is 1.57. The smallest absolute Gasteiger partial charge is 0.333 e. The van der Waals surface area contributed by atoms with Crippen LogP contribution in [0.3, 0.4) is 0 Å². The van der Waals surface area contributed by atoms with E-state index in [1.165, 1.54) is 0 Å². The molecule has 10 heavy (non-hydrogen) atoms. The van der Waals surface area contributed by atoms with Gasteiger partial charge in [-0.3, -0.25) is 0 Å². The van der Waals surface area contributed by atoms with Crippen molar-refractivity contribution in [3.63, 3.8) is 0 Å². The monoisotopic (exact) mass is 141 g/mol. The minimum absolute atomic E-state index is 0.216. The molecule has 1 rings (SSSR count). The lowest BCUT2D eigenvalue weighted by atomic mass is 9.87. The molecular weight excluding hydrogens is 130 g/mol. The second kappa shape index (κ2) is 2.01. The summed E-state index contributed by atoms with van der Waals surface area (Å²) in [6.45, 7) is 4.54. The number of hydrogen-bond acceptors (Lipinski definition) is 2. The molecule has 1 aliphatic heterocycles. The molecule has 0 aliphatic carbocycles. The molecule has 0 aromatic heterocycles. The van der Waals surface area contributed by atoms with Gasteiger partial charge in [0.15, 0.2) is 0 Å². The lowest BCUT2D eigenvalue weighted by Crippen LogP contribution is -2.23. The number of rotatable bonds is 1. The third-order valence-corrected chi connectivity index (χ3v) is 1.75. The van der Waals surface area contributed by atoms with Crippen molar-refractivity contribution in [1.29, 1.82) is 0 Å². The molecular formula is C7H11NO2. The molecule has 56 valence electrons. The summed E-state index contributed by atoms with van der Waals surface area (Å²) in [4.78, 5) is 10.5. The Labute approximate surface area is 59.7 Å². The van der Waals surface area contributed by atoms with E-state index in [-0.39, 0.29) is 5.41 Å². The van der Waals surface area contributed by atoms with Crippen molar-refractivity contribution in [1.82, 2.24) is 5.32 Å². The van der Waals surface area contributed by atoms with Crippen LogP contribution in [0.2, 0.25) is 0 Å². The van der Waals surface area contributed by atoms with E-state index in [2.05, 4.69) is 5.32 Å². The quantitative estimate of drug-likeness (QED) is 0.561. The highest BCUT2D eigenvalue weighted by Gasteiger charge is 2.31. The first-order chi connectivity index (χ1) is 4.54. The van der Waals surface area contributed by atoms with Crippen molar-refractivity contribution in [3.8, 4) is 0 Å². The Bertz CT molecular complexity index is 194. The molecule has 0 aromatic rings. The van der Waals surface area contributed by atoms with Crippen LogP contribution >= 0.6 is 0 Å². The first kappa shape index (κ1) is 7.12. The Morgan fingerprint density at radius 1 is 1.80 bits per heavy atom. The fourth-order valence-electron chi connectivity index (χ4n) is 1.05. The van der Waals surface area contributed by atoms with E-state index in [0.717, 1.165) is 0 Å². The van der Waals surface area contributed by atoms with E-state index in [4.69, 9.17) is 5.11 Å². The van der Waals surface area contributed by atoms with Crippen molar-refractivity contribution in [2.75, 3.05) is 6.54 Å². The van der Waals surface area contributed by atoms with E-state index in [1.807, 2.05) is 13.8 Å². The van der Waals surface area contributed by atoms with Gasteiger partial charge in [0, 0.05) is 18.2 Å². The molecule has 3 nitrogen and oxygen atoms in total. The molecule has 0 atom stereocenters. The Balaban J connectivity index is 2.85. The van der Waals surface area contributed by atoms with Crippen LogP contribution in [0.5, 0.6) is 0 Å². The highest BCUT2D eigenvalue weighted by molar-refractivity contribution is 5.88. The van der Waals surface area contributed by atoms with Gasteiger partial charge < -0.3 is 10.4 Å². The average Bonchev–Trinajstić information content (AvgIpc) is 2.08. The van der Waals surface area contributed by atoms with Crippen LogP contribution in [0.1, 0.15) is 13.8 Å². The van der Waals surface area contributed by atoms with Gasteiger partial charge >= 0.3 is 5.97 Å². The number of carbonyl (C=O) groups is 1. The SMILES string of the molecule is CC1(C)CNC=C1C(=O)O. The molecule has 1 heterocycles. The van der Waals surface area contributed by atoms with E-state index in [0.29, 0.717) is 12.1 Å². The van der Waals surface area contributed by atoms with E-state index < -0.39 is 5.97 Å². The highest BCUT2D eigenvalue weighted by atomic mass is 16.4. The molecule has 0 aromatic carbocycles. The van der Waals surface area contributed by atoms with Gasteiger partial charge in [-0.2, -0.15) is 0 Å². The topological polar surface area (TPSA) is 49.3 Å². The maximum Gasteiger partial charge on any atom is 0.333 e. The largest absolute Gasteiger partial charge is 0.478 e. The van der Waals surface area contributed by atoms with Crippen molar-refractivity contribution >= 4 is 5.97 Å². The second-order valence-corrected chi connectivity index (χ2v) is 3.13. The van der Waals surface area contributed by atoms with Crippen LogP contribution in [-0.2, 0) is 4.79 Å². The second-order valence-electron chi connectivity index (χ2n) is 3.13. The Hall–Kier alpha value is -0.990. The summed E-state index contributed by atoms with van der Waals surface area (Å²) in [6, 6.07) is 0. The van der Waals surface area contributed by atoms with E-state index in [9.17, 15) is 4.79 Å². The van der Waals surface area contributed by atoms with E-state index in [1.54, 1.807) is 6.20 Å². The Morgan fingerprint density at radius 3 is 2.60 bits per heavy atom. The van der Waals surface area contributed by atoms with Gasteiger partial charge in [-0.05, 0) is 0 Å². The number of carboxylic acids is 1. The lowest BCUT2D eigenvalue weighted by molar-refractivity contribution is -0.133. The Kier molecular flexibility index (Phi) is 1.43. The number of nitrogens with one attached hydrogen (secondary N) is 1. The van der Waals surface area contributed by atoms with Crippen LogP contribution in [0.25, 0.3) is 0 Å².